The van der Waals surface area contributed by atoms with Gasteiger partial charge in [0.1, 0.15) is 12.2 Å². The first-order valence-corrected chi connectivity index (χ1v) is 6.75. The second-order valence-electron chi connectivity index (χ2n) is 4.74. The summed E-state index contributed by atoms with van der Waals surface area (Å²) in [4.78, 5) is 23.3. The maximum Gasteiger partial charge on any atom is 0.229 e. The SMILES string of the molecule is Cc1ccccc1CNC(=O)CC(=O)NCc1ccco1. The molecule has 0 aliphatic heterocycles. The molecular weight excluding hydrogens is 268 g/mol. The molecule has 110 valence electrons. The summed E-state index contributed by atoms with van der Waals surface area (Å²) in [7, 11) is 0. The van der Waals surface area contributed by atoms with E-state index in [0.29, 0.717) is 12.3 Å². The van der Waals surface area contributed by atoms with E-state index >= 15 is 0 Å². The Balaban J connectivity index is 1.71. The Hall–Kier alpha value is -2.56. The third kappa shape index (κ3) is 4.80. The van der Waals surface area contributed by atoms with Crippen molar-refractivity contribution in [2.75, 3.05) is 0 Å². The zero-order valence-electron chi connectivity index (χ0n) is 11.9. The third-order valence-electron chi connectivity index (χ3n) is 3.10. The maximum atomic E-state index is 11.7. The molecule has 0 saturated heterocycles. The van der Waals surface area contributed by atoms with Crippen LogP contribution in [0.2, 0.25) is 0 Å². The van der Waals surface area contributed by atoms with E-state index in [1.807, 2.05) is 31.2 Å². The fourth-order valence-electron chi connectivity index (χ4n) is 1.87. The molecular formula is C16H18N2O3. The summed E-state index contributed by atoms with van der Waals surface area (Å²) in [5.41, 5.74) is 2.15. The highest BCUT2D eigenvalue weighted by Gasteiger charge is 2.09. The molecule has 0 unspecified atom stereocenters. The highest BCUT2D eigenvalue weighted by Crippen LogP contribution is 2.06. The van der Waals surface area contributed by atoms with E-state index in [4.69, 9.17) is 4.42 Å². The van der Waals surface area contributed by atoms with Crippen LogP contribution in [-0.4, -0.2) is 11.8 Å². The summed E-state index contributed by atoms with van der Waals surface area (Å²) in [6.45, 7) is 2.70. The average Bonchev–Trinajstić information content (AvgIpc) is 2.97. The van der Waals surface area contributed by atoms with Crippen molar-refractivity contribution in [3.63, 3.8) is 0 Å². The molecule has 0 saturated carbocycles. The van der Waals surface area contributed by atoms with Crippen LogP contribution in [0, 0.1) is 6.92 Å². The van der Waals surface area contributed by atoms with E-state index in [1.165, 1.54) is 6.26 Å². The van der Waals surface area contributed by atoms with Crippen molar-refractivity contribution in [3.8, 4) is 0 Å². The van der Waals surface area contributed by atoms with Crippen molar-refractivity contribution in [2.45, 2.75) is 26.4 Å². The molecule has 0 atom stereocenters. The smallest absolute Gasteiger partial charge is 0.229 e. The van der Waals surface area contributed by atoms with Gasteiger partial charge in [-0.15, -0.1) is 0 Å². The molecule has 0 spiro atoms. The lowest BCUT2D eigenvalue weighted by Crippen LogP contribution is -2.31. The molecule has 2 rings (SSSR count). The second-order valence-corrected chi connectivity index (χ2v) is 4.74. The molecule has 2 aromatic rings. The summed E-state index contributed by atoms with van der Waals surface area (Å²) < 4.78 is 5.09. The van der Waals surface area contributed by atoms with Gasteiger partial charge in [-0.2, -0.15) is 0 Å². The number of hydrogen-bond donors (Lipinski definition) is 2. The minimum Gasteiger partial charge on any atom is -0.467 e. The van der Waals surface area contributed by atoms with Crippen LogP contribution in [0.25, 0.3) is 0 Å². The van der Waals surface area contributed by atoms with Gasteiger partial charge in [0.15, 0.2) is 0 Å². The van der Waals surface area contributed by atoms with Crippen LogP contribution in [0.4, 0.5) is 0 Å². The molecule has 2 amide bonds. The van der Waals surface area contributed by atoms with Gasteiger partial charge in [0.05, 0.1) is 12.8 Å². The van der Waals surface area contributed by atoms with Crippen LogP contribution in [0.15, 0.2) is 47.1 Å². The molecule has 0 radical (unpaired) electrons. The Morgan fingerprint density at radius 1 is 1.00 bits per heavy atom. The van der Waals surface area contributed by atoms with Crippen LogP contribution in [0.3, 0.4) is 0 Å². The number of hydrogen-bond acceptors (Lipinski definition) is 3. The van der Waals surface area contributed by atoms with Gasteiger partial charge < -0.3 is 15.1 Å². The Morgan fingerprint density at radius 2 is 1.71 bits per heavy atom. The summed E-state index contributed by atoms with van der Waals surface area (Å²) >= 11 is 0. The molecule has 0 aliphatic carbocycles. The summed E-state index contributed by atoms with van der Waals surface area (Å²) in [6.07, 6.45) is 1.35. The zero-order valence-corrected chi connectivity index (χ0v) is 11.9. The molecule has 21 heavy (non-hydrogen) atoms. The van der Waals surface area contributed by atoms with Crippen LogP contribution in [-0.2, 0) is 22.7 Å². The Kier molecular flexibility index (Phi) is 5.15. The number of carbonyl (C=O) groups excluding carboxylic acids is 2. The summed E-state index contributed by atoms with van der Waals surface area (Å²) in [5.74, 6) is 0.0348. The van der Waals surface area contributed by atoms with E-state index < -0.39 is 0 Å². The van der Waals surface area contributed by atoms with Crippen LogP contribution in [0.1, 0.15) is 23.3 Å². The second kappa shape index (κ2) is 7.28. The molecule has 1 aromatic heterocycles. The van der Waals surface area contributed by atoms with Gasteiger partial charge in [0.2, 0.25) is 11.8 Å². The lowest BCUT2D eigenvalue weighted by atomic mass is 10.1. The van der Waals surface area contributed by atoms with Crippen LogP contribution in [0.5, 0.6) is 0 Å². The van der Waals surface area contributed by atoms with Crippen molar-refractivity contribution in [2.24, 2.45) is 0 Å². The van der Waals surface area contributed by atoms with Gasteiger partial charge in [0, 0.05) is 6.54 Å². The molecule has 0 bridgehead atoms. The van der Waals surface area contributed by atoms with Gasteiger partial charge in [-0.05, 0) is 30.2 Å². The molecule has 5 nitrogen and oxygen atoms in total. The van der Waals surface area contributed by atoms with Gasteiger partial charge >= 0.3 is 0 Å². The number of nitrogens with one attached hydrogen (secondary N) is 2. The van der Waals surface area contributed by atoms with Gasteiger partial charge in [-0.1, -0.05) is 24.3 Å². The predicted molar refractivity (Wildman–Crippen MR) is 78.2 cm³/mol. The average molecular weight is 286 g/mol. The quantitative estimate of drug-likeness (QED) is 0.797. The number of rotatable bonds is 6. The predicted octanol–water partition coefficient (Wildman–Crippen LogP) is 1.91. The lowest BCUT2D eigenvalue weighted by Gasteiger charge is -2.08. The first-order chi connectivity index (χ1) is 10.1. The largest absolute Gasteiger partial charge is 0.467 e. The van der Waals surface area contributed by atoms with E-state index in [9.17, 15) is 9.59 Å². The Morgan fingerprint density at radius 3 is 2.38 bits per heavy atom. The number of furan rings is 1. The fourth-order valence-corrected chi connectivity index (χ4v) is 1.87. The number of benzene rings is 1. The normalized spacial score (nSPS) is 10.1. The first kappa shape index (κ1) is 14.8. The monoisotopic (exact) mass is 286 g/mol. The first-order valence-electron chi connectivity index (χ1n) is 6.75. The highest BCUT2D eigenvalue weighted by atomic mass is 16.3. The lowest BCUT2D eigenvalue weighted by molar-refractivity contribution is -0.129. The Bertz CT molecular complexity index is 606. The van der Waals surface area contributed by atoms with Crippen LogP contribution < -0.4 is 10.6 Å². The summed E-state index contributed by atoms with van der Waals surface area (Å²) in [6, 6.07) is 11.3. The molecule has 5 heteroatoms. The van der Waals surface area contributed by atoms with Crippen molar-refractivity contribution in [1.82, 2.24) is 10.6 Å². The topological polar surface area (TPSA) is 71.3 Å². The molecule has 1 heterocycles. The van der Waals surface area contributed by atoms with E-state index in [1.54, 1.807) is 12.1 Å². The Labute approximate surface area is 123 Å². The van der Waals surface area contributed by atoms with Crippen molar-refractivity contribution in [3.05, 3.63) is 59.5 Å². The molecule has 1 aromatic carbocycles. The highest BCUT2D eigenvalue weighted by molar-refractivity contribution is 5.96. The molecule has 2 N–H and O–H groups in total. The number of carbonyl (C=O) groups is 2. The fraction of sp³-hybridized carbons (Fsp3) is 0.250. The standard InChI is InChI=1S/C16H18N2O3/c1-12-5-2-3-6-13(12)10-17-15(19)9-16(20)18-11-14-7-4-8-21-14/h2-8H,9-11H2,1H3,(H,17,19)(H,18,20). The number of amides is 2. The number of aryl methyl sites for hydroxylation is 1. The summed E-state index contributed by atoms with van der Waals surface area (Å²) in [5, 5.41) is 5.37. The maximum absolute atomic E-state index is 11.7. The molecule has 0 fully saturated rings. The van der Waals surface area contributed by atoms with Crippen molar-refractivity contribution < 1.29 is 14.0 Å². The zero-order chi connectivity index (χ0) is 15.1. The van der Waals surface area contributed by atoms with Gasteiger partial charge in [-0.3, -0.25) is 9.59 Å². The molecule has 0 aliphatic rings. The third-order valence-corrected chi connectivity index (χ3v) is 3.10. The van der Waals surface area contributed by atoms with Crippen LogP contribution >= 0.6 is 0 Å². The van der Waals surface area contributed by atoms with Crippen molar-refractivity contribution >= 4 is 11.8 Å². The van der Waals surface area contributed by atoms with Gasteiger partial charge in [-0.25, -0.2) is 0 Å². The van der Waals surface area contributed by atoms with Crippen molar-refractivity contribution in [1.29, 1.82) is 0 Å². The minimum absolute atomic E-state index is 0.188. The van der Waals surface area contributed by atoms with E-state index in [-0.39, 0.29) is 24.8 Å². The van der Waals surface area contributed by atoms with E-state index in [2.05, 4.69) is 10.6 Å². The minimum atomic E-state index is -0.325. The van der Waals surface area contributed by atoms with E-state index in [0.717, 1.165) is 11.1 Å². The van der Waals surface area contributed by atoms with Gasteiger partial charge in [0.25, 0.3) is 0 Å².